The van der Waals surface area contributed by atoms with Crippen molar-refractivity contribution in [3.63, 3.8) is 0 Å². The summed E-state index contributed by atoms with van der Waals surface area (Å²) in [5.74, 6) is 0. The second-order valence-corrected chi connectivity index (χ2v) is 3.76. The van der Waals surface area contributed by atoms with Gasteiger partial charge in [-0.1, -0.05) is 11.6 Å². The van der Waals surface area contributed by atoms with E-state index < -0.39 is 0 Å². The van der Waals surface area contributed by atoms with E-state index in [9.17, 15) is 0 Å². The van der Waals surface area contributed by atoms with Gasteiger partial charge in [-0.15, -0.1) is 0 Å². The molecular weight excluding hydrogens is 184 g/mol. The zero-order chi connectivity index (χ0) is 9.42. The van der Waals surface area contributed by atoms with E-state index in [2.05, 4.69) is 23.4 Å². The molecule has 0 aliphatic heterocycles. The molecule has 0 saturated carbocycles. The quantitative estimate of drug-likeness (QED) is 0.682. The highest BCUT2D eigenvalue weighted by Crippen LogP contribution is 2.26. The van der Waals surface area contributed by atoms with Crippen LogP contribution in [0.3, 0.4) is 0 Å². The average Bonchev–Trinajstić information content (AvgIpc) is 2.45. The molecule has 68 valence electrons. The van der Waals surface area contributed by atoms with Crippen LogP contribution in [-0.4, -0.2) is 9.55 Å². The fourth-order valence-electron chi connectivity index (χ4n) is 1.44. The Morgan fingerprint density at radius 3 is 2.92 bits per heavy atom. The predicted molar refractivity (Wildman–Crippen MR) is 55.1 cm³/mol. The standard InChI is InChI=1S/C10H11ClN2/c1-7(2)13-6-9(11)8-4-3-5-12-10(8)13/h3-7H,1-2H3. The molecule has 2 heterocycles. The summed E-state index contributed by atoms with van der Waals surface area (Å²) in [4.78, 5) is 4.30. The van der Waals surface area contributed by atoms with Gasteiger partial charge in [0.05, 0.1) is 5.02 Å². The van der Waals surface area contributed by atoms with Crippen molar-refractivity contribution < 1.29 is 0 Å². The van der Waals surface area contributed by atoms with Crippen LogP contribution in [0, 0.1) is 0 Å². The lowest BCUT2D eigenvalue weighted by Gasteiger charge is -2.06. The van der Waals surface area contributed by atoms with E-state index in [1.807, 2.05) is 18.3 Å². The van der Waals surface area contributed by atoms with E-state index in [-0.39, 0.29) is 0 Å². The van der Waals surface area contributed by atoms with Gasteiger partial charge in [-0.25, -0.2) is 4.98 Å². The van der Waals surface area contributed by atoms with Crippen molar-refractivity contribution >= 4 is 22.6 Å². The summed E-state index contributed by atoms with van der Waals surface area (Å²) < 4.78 is 2.08. The van der Waals surface area contributed by atoms with Gasteiger partial charge in [0, 0.05) is 23.8 Å². The summed E-state index contributed by atoms with van der Waals surface area (Å²) in [6.45, 7) is 4.23. The number of rotatable bonds is 1. The molecule has 0 aromatic carbocycles. The number of pyridine rings is 1. The van der Waals surface area contributed by atoms with Crippen LogP contribution in [0.2, 0.25) is 5.02 Å². The van der Waals surface area contributed by atoms with E-state index in [1.54, 1.807) is 6.20 Å². The van der Waals surface area contributed by atoms with Crippen molar-refractivity contribution in [1.29, 1.82) is 0 Å². The number of nitrogens with zero attached hydrogens (tertiary/aromatic N) is 2. The molecule has 0 atom stereocenters. The molecule has 0 aliphatic carbocycles. The van der Waals surface area contributed by atoms with Crippen LogP contribution in [0.1, 0.15) is 19.9 Å². The first kappa shape index (κ1) is 8.57. The molecule has 0 saturated heterocycles. The van der Waals surface area contributed by atoms with Gasteiger partial charge in [0.1, 0.15) is 5.65 Å². The van der Waals surface area contributed by atoms with E-state index >= 15 is 0 Å². The Balaban J connectivity index is 2.78. The summed E-state index contributed by atoms with van der Waals surface area (Å²) in [5, 5.41) is 1.80. The van der Waals surface area contributed by atoms with Crippen LogP contribution in [-0.2, 0) is 0 Å². The van der Waals surface area contributed by atoms with Crippen molar-refractivity contribution in [3.05, 3.63) is 29.5 Å². The van der Waals surface area contributed by atoms with Gasteiger partial charge in [0.25, 0.3) is 0 Å². The van der Waals surface area contributed by atoms with Crippen LogP contribution in [0.4, 0.5) is 0 Å². The minimum atomic E-state index is 0.393. The first-order valence-electron chi connectivity index (χ1n) is 4.31. The molecule has 13 heavy (non-hydrogen) atoms. The number of aromatic nitrogens is 2. The number of hydrogen-bond donors (Lipinski definition) is 0. The van der Waals surface area contributed by atoms with Crippen LogP contribution < -0.4 is 0 Å². The maximum absolute atomic E-state index is 6.06. The van der Waals surface area contributed by atoms with Crippen LogP contribution >= 0.6 is 11.6 Å². The van der Waals surface area contributed by atoms with Crippen LogP contribution in [0.25, 0.3) is 11.0 Å². The molecule has 0 aliphatic rings. The number of hydrogen-bond acceptors (Lipinski definition) is 1. The molecule has 0 amide bonds. The van der Waals surface area contributed by atoms with E-state index in [0.29, 0.717) is 6.04 Å². The Hall–Kier alpha value is -1.02. The van der Waals surface area contributed by atoms with E-state index in [4.69, 9.17) is 11.6 Å². The first-order valence-corrected chi connectivity index (χ1v) is 4.69. The second kappa shape index (κ2) is 3.04. The molecule has 0 spiro atoms. The summed E-state index contributed by atoms with van der Waals surface area (Å²) in [5.41, 5.74) is 0.961. The first-order chi connectivity index (χ1) is 6.20. The molecule has 0 bridgehead atoms. The highest BCUT2D eigenvalue weighted by atomic mass is 35.5. The molecule has 2 aromatic heterocycles. The monoisotopic (exact) mass is 194 g/mol. The fraction of sp³-hybridized carbons (Fsp3) is 0.300. The Morgan fingerprint density at radius 2 is 2.23 bits per heavy atom. The minimum Gasteiger partial charge on any atom is -0.328 e. The number of fused-ring (bicyclic) bond motifs is 1. The van der Waals surface area contributed by atoms with Gasteiger partial charge < -0.3 is 4.57 Å². The van der Waals surface area contributed by atoms with Gasteiger partial charge in [0.2, 0.25) is 0 Å². The number of halogens is 1. The zero-order valence-electron chi connectivity index (χ0n) is 7.66. The molecule has 3 heteroatoms. The molecule has 2 aromatic rings. The maximum atomic E-state index is 6.06. The van der Waals surface area contributed by atoms with Crippen LogP contribution in [0.5, 0.6) is 0 Å². The second-order valence-electron chi connectivity index (χ2n) is 3.35. The lowest BCUT2D eigenvalue weighted by molar-refractivity contribution is 0.618. The Bertz CT molecular complexity index is 431. The third-order valence-electron chi connectivity index (χ3n) is 2.10. The molecule has 2 rings (SSSR count). The maximum Gasteiger partial charge on any atom is 0.141 e. The predicted octanol–water partition coefficient (Wildman–Crippen LogP) is 3.27. The van der Waals surface area contributed by atoms with Crippen molar-refractivity contribution in [3.8, 4) is 0 Å². The zero-order valence-corrected chi connectivity index (χ0v) is 8.42. The molecule has 0 fully saturated rings. The highest BCUT2D eigenvalue weighted by Gasteiger charge is 2.08. The average molecular weight is 195 g/mol. The third kappa shape index (κ3) is 1.31. The van der Waals surface area contributed by atoms with Crippen molar-refractivity contribution in [2.45, 2.75) is 19.9 Å². The Morgan fingerprint density at radius 1 is 1.46 bits per heavy atom. The summed E-state index contributed by atoms with van der Waals surface area (Å²) >= 11 is 6.06. The largest absolute Gasteiger partial charge is 0.328 e. The normalized spacial score (nSPS) is 11.4. The Kier molecular flexibility index (Phi) is 2.00. The van der Waals surface area contributed by atoms with Crippen molar-refractivity contribution in [1.82, 2.24) is 9.55 Å². The summed E-state index contributed by atoms with van der Waals surface area (Å²) in [7, 11) is 0. The minimum absolute atomic E-state index is 0.393. The summed E-state index contributed by atoms with van der Waals surface area (Å²) in [6, 6.07) is 4.28. The fourth-order valence-corrected chi connectivity index (χ4v) is 1.69. The van der Waals surface area contributed by atoms with Gasteiger partial charge in [-0.3, -0.25) is 0 Å². The van der Waals surface area contributed by atoms with Crippen LogP contribution in [0.15, 0.2) is 24.5 Å². The third-order valence-corrected chi connectivity index (χ3v) is 2.40. The smallest absolute Gasteiger partial charge is 0.141 e. The molecular formula is C10H11ClN2. The molecule has 0 N–H and O–H groups in total. The van der Waals surface area contributed by atoms with Gasteiger partial charge in [-0.2, -0.15) is 0 Å². The lowest BCUT2D eigenvalue weighted by Crippen LogP contribution is -1.98. The van der Waals surface area contributed by atoms with Crippen molar-refractivity contribution in [2.24, 2.45) is 0 Å². The SMILES string of the molecule is CC(C)n1cc(Cl)c2cccnc21. The van der Waals surface area contributed by atoms with E-state index in [0.717, 1.165) is 16.1 Å². The lowest BCUT2D eigenvalue weighted by atomic mass is 10.3. The van der Waals surface area contributed by atoms with Gasteiger partial charge >= 0.3 is 0 Å². The Labute approximate surface area is 82.1 Å². The van der Waals surface area contributed by atoms with Gasteiger partial charge in [0.15, 0.2) is 0 Å². The molecule has 0 radical (unpaired) electrons. The molecule has 2 nitrogen and oxygen atoms in total. The molecule has 0 unspecified atom stereocenters. The van der Waals surface area contributed by atoms with Crippen molar-refractivity contribution in [2.75, 3.05) is 0 Å². The topological polar surface area (TPSA) is 17.8 Å². The van der Waals surface area contributed by atoms with Gasteiger partial charge in [-0.05, 0) is 26.0 Å². The highest BCUT2D eigenvalue weighted by molar-refractivity contribution is 6.35. The summed E-state index contributed by atoms with van der Waals surface area (Å²) in [6.07, 6.45) is 3.72. The van der Waals surface area contributed by atoms with E-state index in [1.165, 1.54) is 0 Å².